The minimum Gasteiger partial charge on any atom is -0.481 e. The summed E-state index contributed by atoms with van der Waals surface area (Å²) in [6.45, 7) is 0.564. The van der Waals surface area contributed by atoms with Gasteiger partial charge < -0.3 is 31.1 Å². The number of rotatable bonds is 17. The van der Waals surface area contributed by atoms with Crippen molar-refractivity contribution in [3.63, 3.8) is 0 Å². The summed E-state index contributed by atoms with van der Waals surface area (Å²) < 4.78 is 51.9. The number of aliphatic carboxylic acids is 1. The van der Waals surface area contributed by atoms with E-state index in [0.717, 1.165) is 24.2 Å². The lowest BCUT2D eigenvalue weighted by Gasteiger charge is -2.25. The minimum absolute atomic E-state index is 0.0552. The van der Waals surface area contributed by atoms with Gasteiger partial charge in [0.15, 0.2) is 5.67 Å². The molecule has 11 nitrogen and oxygen atoms in total. The van der Waals surface area contributed by atoms with Crippen LogP contribution in [0.1, 0.15) is 89.8 Å². The van der Waals surface area contributed by atoms with Crippen molar-refractivity contribution in [2.24, 2.45) is 5.73 Å². The van der Waals surface area contributed by atoms with Gasteiger partial charge in [-0.1, -0.05) is 49.6 Å². The number of nitrogens with two attached hydrogens (primary N) is 1. The summed E-state index contributed by atoms with van der Waals surface area (Å²) in [6, 6.07) is 9.75. The number of thiophene rings is 1. The number of carbonyl (C=O) groups excluding carboxylic acids is 3. The van der Waals surface area contributed by atoms with Crippen LogP contribution in [0.3, 0.4) is 0 Å². The molecule has 1 fully saturated rings. The number of ether oxygens (including phenoxy) is 1. The summed E-state index contributed by atoms with van der Waals surface area (Å²) in [7, 11) is 0. The van der Waals surface area contributed by atoms with E-state index in [9.17, 15) is 19.2 Å². The molecule has 0 bridgehead atoms. The van der Waals surface area contributed by atoms with Crippen LogP contribution in [-0.2, 0) is 25.0 Å². The Morgan fingerprint density at radius 3 is 2.46 bits per heavy atom. The number of amides is 3. The summed E-state index contributed by atoms with van der Waals surface area (Å²) in [5.41, 5.74) is 4.21. The number of unbranched alkanes of at least 4 members (excludes halogenated alkanes) is 4. The van der Waals surface area contributed by atoms with Gasteiger partial charge in [-0.3, -0.25) is 24.6 Å². The second-order valence-corrected chi connectivity index (χ2v) is 14.2. The number of fused-ring (bicyclic) bond motifs is 3. The zero-order valence-electron chi connectivity index (χ0n) is 28.7. The number of likely N-dealkylation sites (tertiary alicyclic amines) is 1. The number of hydrogen-bond donors (Lipinski definition) is 5. The molecule has 2 heterocycles. The van der Waals surface area contributed by atoms with E-state index in [2.05, 4.69) is 10.6 Å². The fourth-order valence-corrected chi connectivity index (χ4v) is 7.50. The third-order valence-electron chi connectivity index (χ3n) is 9.34. The molecule has 2 aromatic carbocycles. The van der Waals surface area contributed by atoms with Crippen molar-refractivity contribution in [1.82, 2.24) is 15.5 Å². The number of alkyl halides is 3. The molecule has 1 aliphatic heterocycles. The molecule has 2 aliphatic rings. The molecule has 0 radical (unpaired) electrons. The van der Waals surface area contributed by atoms with Crippen LogP contribution in [0.4, 0.5) is 13.2 Å². The van der Waals surface area contributed by atoms with Crippen LogP contribution in [0.25, 0.3) is 11.1 Å². The molecule has 0 saturated carbocycles. The maximum Gasteiger partial charge on any atom is 0.303 e. The van der Waals surface area contributed by atoms with Crippen LogP contribution >= 0.6 is 11.3 Å². The van der Waals surface area contributed by atoms with Crippen LogP contribution in [0.5, 0.6) is 0 Å². The quantitative estimate of drug-likeness (QED) is 0.0689. The van der Waals surface area contributed by atoms with Crippen LogP contribution in [0, 0.1) is 5.41 Å². The first-order valence-corrected chi connectivity index (χ1v) is 18.0. The van der Waals surface area contributed by atoms with Crippen LogP contribution in [0.2, 0.25) is 0 Å². The number of halogens is 3. The predicted molar refractivity (Wildman–Crippen MR) is 189 cm³/mol. The first-order valence-electron chi connectivity index (χ1n) is 17.1. The lowest BCUT2D eigenvalue weighted by molar-refractivity contribution is -0.138. The van der Waals surface area contributed by atoms with Crippen LogP contribution in [0.15, 0.2) is 53.9 Å². The van der Waals surface area contributed by atoms with Gasteiger partial charge >= 0.3 is 5.97 Å². The standard InChI is InChI=1S/C37H42F3N5O6S/c1-22(30-16-24(19-52-30)33(41)42)44-35(50)29-17-36(38,21-51-14-8-4-2-3-5-11-32(47)48)20-45(29)31(46)18-43-34(49)23-12-13-28-26(15-23)25-9-6-7-10-27(25)37(28,39)40/h6-7,9-10,12-13,15-16,19,22,29H,2-5,8,11,14,17-18,20-21H2,1H3,(H3,41,42)(H,43,49)(H,44,50)(H,47,48)/t22-,29+,36-/m1/s1. The van der Waals surface area contributed by atoms with E-state index in [1.165, 1.54) is 41.7 Å². The number of carbonyl (C=O) groups is 4. The zero-order valence-corrected chi connectivity index (χ0v) is 29.5. The number of benzene rings is 2. The highest BCUT2D eigenvalue weighted by atomic mass is 32.1. The van der Waals surface area contributed by atoms with Crippen LogP contribution < -0.4 is 16.4 Å². The summed E-state index contributed by atoms with van der Waals surface area (Å²) in [4.78, 5) is 52.7. The molecule has 15 heteroatoms. The van der Waals surface area contributed by atoms with Crippen molar-refractivity contribution in [1.29, 1.82) is 5.41 Å². The van der Waals surface area contributed by atoms with E-state index >= 15 is 13.2 Å². The second kappa shape index (κ2) is 16.3. The Bertz CT molecular complexity index is 1840. The SMILES string of the molecule is C[C@@H](NC(=O)[C@@H]1C[C@](F)(COCCCCCCCC(=O)O)CN1C(=O)CNC(=O)c1ccc2c(c1)-c1ccccc1C2(F)F)c1cc(C(=N)N)cs1. The van der Waals surface area contributed by atoms with Gasteiger partial charge in [0.2, 0.25) is 11.8 Å². The lowest BCUT2D eigenvalue weighted by Crippen LogP contribution is -2.49. The third-order valence-corrected chi connectivity index (χ3v) is 10.5. The predicted octanol–water partition coefficient (Wildman–Crippen LogP) is 5.51. The smallest absolute Gasteiger partial charge is 0.303 e. The van der Waals surface area contributed by atoms with Gasteiger partial charge in [0.05, 0.1) is 25.7 Å². The van der Waals surface area contributed by atoms with Crippen molar-refractivity contribution >= 4 is 40.9 Å². The van der Waals surface area contributed by atoms with Gasteiger partial charge in [0, 0.05) is 52.0 Å². The monoisotopic (exact) mass is 741 g/mol. The Hall–Kier alpha value is -4.76. The number of amidine groups is 1. The molecule has 3 amide bonds. The van der Waals surface area contributed by atoms with Gasteiger partial charge in [0.25, 0.3) is 11.8 Å². The summed E-state index contributed by atoms with van der Waals surface area (Å²) in [6.07, 6.45) is 3.34. The number of carboxylic acids is 1. The molecule has 52 heavy (non-hydrogen) atoms. The Morgan fingerprint density at radius 1 is 1.02 bits per heavy atom. The molecule has 0 spiro atoms. The van der Waals surface area contributed by atoms with Crippen molar-refractivity contribution in [3.05, 3.63) is 81.0 Å². The third kappa shape index (κ3) is 8.81. The van der Waals surface area contributed by atoms with Gasteiger partial charge in [-0.05, 0) is 49.1 Å². The van der Waals surface area contributed by atoms with Gasteiger partial charge in [-0.15, -0.1) is 11.3 Å². The highest BCUT2D eigenvalue weighted by molar-refractivity contribution is 7.10. The average Bonchev–Trinajstić information content (AvgIpc) is 3.80. The van der Waals surface area contributed by atoms with E-state index in [-0.39, 0.29) is 54.1 Å². The minimum atomic E-state index is -3.22. The van der Waals surface area contributed by atoms with Crippen molar-refractivity contribution in [2.75, 3.05) is 26.3 Å². The summed E-state index contributed by atoms with van der Waals surface area (Å²) >= 11 is 1.29. The summed E-state index contributed by atoms with van der Waals surface area (Å²) in [5.74, 6) is -6.20. The number of hydrogen-bond acceptors (Lipinski definition) is 7. The normalized spacial score (nSPS) is 19.1. The molecule has 1 aromatic heterocycles. The zero-order chi connectivity index (χ0) is 37.6. The van der Waals surface area contributed by atoms with E-state index < -0.39 is 60.5 Å². The maximum atomic E-state index is 16.3. The number of carboxylic acid groups (broad SMARTS) is 1. The van der Waals surface area contributed by atoms with Gasteiger partial charge in [0.1, 0.15) is 11.9 Å². The Balaban J connectivity index is 1.22. The molecule has 1 aliphatic carbocycles. The molecule has 5 rings (SSSR count). The largest absolute Gasteiger partial charge is 0.481 e. The molecule has 6 N–H and O–H groups in total. The second-order valence-electron chi connectivity index (χ2n) is 13.3. The topological polar surface area (TPSA) is 175 Å². The Labute approximate surface area is 303 Å². The maximum absolute atomic E-state index is 16.3. The van der Waals surface area contributed by atoms with Crippen molar-refractivity contribution in [2.45, 2.75) is 75.5 Å². The Morgan fingerprint density at radius 2 is 1.73 bits per heavy atom. The molecule has 1 saturated heterocycles. The van der Waals surface area contributed by atoms with E-state index in [4.69, 9.17) is 21.0 Å². The number of nitrogens with zero attached hydrogens (tertiary/aromatic N) is 1. The molecule has 3 atom stereocenters. The van der Waals surface area contributed by atoms with Gasteiger partial charge in [-0.25, -0.2) is 4.39 Å². The van der Waals surface area contributed by atoms with E-state index in [1.54, 1.807) is 30.5 Å². The van der Waals surface area contributed by atoms with E-state index in [1.807, 2.05) is 0 Å². The molecule has 278 valence electrons. The molecule has 3 aromatic rings. The molecular weight excluding hydrogens is 699 g/mol. The number of nitrogen functional groups attached to an aromatic ring is 1. The number of nitrogens with one attached hydrogen (secondary N) is 3. The van der Waals surface area contributed by atoms with Crippen molar-refractivity contribution < 1.29 is 42.2 Å². The first-order chi connectivity index (χ1) is 24.7. The highest BCUT2D eigenvalue weighted by Gasteiger charge is 2.50. The lowest BCUT2D eigenvalue weighted by atomic mass is 10.0. The average molecular weight is 742 g/mol. The van der Waals surface area contributed by atoms with Gasteiger partial charge in [-0.2, -0.15) is 8.78 Å². The fourth-order valence-electron chi connectivity index (χ4n) is 6.58. The molecule has 0 unspecified atom stereocenters. The van der Waals surface area contributed by atoms with Crippen molar-refractivity contribution in [3.8, 4) is 11.1 Å². The fraction of sp³-hybridized carbons (Fsp3) is 0.432. The van der Waals surface area contributed by atoms with Crippen LogP contribution in [-0.4, -0.2) is 77.5 Å². The Kier molecular flexibility index (Phi) is 12.0. The highest BCUT2D eigenvalue weighted by Crippen LogP contribution is 2.51. The molecular formula is C37H42F3N5O6S. The van der Waals surface area contributed by atoms with E-state index in [0.29, 0.717) is 28.8 Å². The first kappa shape index (κ1) is 38.5. The summed E-state index contributed by atoms with van der Waals surface area (Å²) in [5, 5.41) is 23.4.